The molecule has 2 aromatic rings. The Morgan fingerprint density at radius 1 is 0.607 bits per heavy atom. The van der Waals surface area contributed by atoms with E-state index in [0.29, 0.717) is 26.4 Å². The van der Waals surface area contributed by atoms with Gasteiger partial charge in [0.1, 0.15) is 0 Å². The van der Waals surface area contributed by atoms with E-state index in [1.54, 1.807) is 0 Å². The van der Waals surface area contributed by atoms with E-state index in [1.165, 1.54) is 0 Å². The topological polar surface area (TPSA) is 36.9 Å². The molecule has 0 fully saturated rings. The molecule has 0 saturated heterocycles. The first-order valence-corrected chi connectivity index (χ1v) is 9.74. The van der Waals surface area contributed by atoms with Crippen LogP contribution in [0.1, 0.15) is 38.8 Å². The summed E-state index contributed by atoms with van der Waals surface area (Å²) in [6, 6.07) is 12.0. The van der Waals surface area contributed by atoms with Crippen molar-refractivity contribution in [3.63, 3.8) is 0 Å². The summed E-state index contributed by atoms with van der Waals surface area (Å²) in [5, 5.41) is 2.08. The van der Waals surface area contributed by atoms with Crippen molar-refractivity contribution < 1.29 is 18.9 Å². The normalized spacial score (nSPS) is 10.6. The van der Waals surface area contributed by atoms with Crippen LogP contribution in [0.5, 0.6) is 0 Å². The summed E-state index contributed by atoms with van der Waals surface area (Å²) in [4.78, 5) is 0. The van der Waals surface area contributed by atoms with Crippen LogP contribution in [0.25, 0.3) is 10.8 Å². The molecule has 2 aromatic carbocycles. The van der Waals surface area contributed by atoms with Gasteiger partial charge in [0.2, 0.25) is 12.6 Å². The maximum Gasteiger partial charge on any atom is 0.222 e. The van der Waals surface area contributed by atoms with Gasteiger partial charge in [0.15, 0.2) is 0 Å². The van der Waals surface area contributed by atoms with Crippen LogP contribution in [0, 0.1) is 23.7 Å². The number of hydrogen-bond acceptors (Lipinski definition) is 4. The summed E-state index contributed by atoms with van der Waals surface area (Å²) < 4.78 is 22.0. The highest BCUT2D eigenvalue weighted by Crippen LogP contribution is 2.21. The van der Waals surface area contributed by atoms with Crippen LogP contribution in [-0.2, 0) is 18.9 Å². The highest BCUT2D eigenvalue weighted by molar-refractivity contribution is 5.92. The highest BCUT2D eigenvalue weighted by atomic mass is 16.7. The Balaban J connectivity index is 2.38. The molecule has 0 bridgehead atoms. The fourth-order valence-corrected chi connectivity index (χ4v) is 2.67. The van der Waals surface area contributed by atoms with Gasteiger partial charge < -0.3 is 18.9 Å². The molecule has 28 heavy (non-hydrogen) atoms. The van der Waals surface area contributed by atoms with E-state index in [0.717, 1.165) is 21.9 Å². The molecular weight excluding hydrogens is 352 g/mol. The third-order valence-electron chi connectivity index (χ3n) is 3.84. The first-order chi connectivity index (χ1) is 13.7. The van der Waals surface area contributed by atoms with Crippen molar-refractivity contribution in [3.05, 3.63) is 47.5 Å². The quantitative estimate of drug-likeness (QED) is 0.504. The Hall–Kier alpha value is -2.34. The van der Waals surface area contributed by atoms with Crippen molar-refractivity contribution in [3.8, 4) is 23.7 Å². The van der Waals surface area contributed by atoms with E-state index in [9.17, 15) is 0 Å². The smallest absolute Gasteiger partial charge is 0.222 e. The van der Waals surface area contributed by atoms with E-state index < -0.39 is 12.6 Å². The van der Waals surface area contributed by atoms with Gasteiger partial charge in [-0.15, -0.1) is 0 Å². The molecule has 0 saturated carbocycles. The zero-order valence-electron chi connectivity index (χ0n) is 17.1. The molecule has 0 spiro atoms. The lowest BCUT2D eigenvalue weighted by atomic mass is 10.0. The second kappa shape index (κ2) is 12.2. The minimum atomic E-state index is -0.522. The minimum absolute atomic E-state index is 0.522. The van der Waals surface area contributed by atoms with Gasteiger partial charge >= 0.3 is 0 Å². The Kier molecular flexibility index (Phi) is 9.55. The third kappa shape index (κ3) is 6.37. The fraction of sp³-hybridized carbons (Fsp3) is 0.417. The van der Waals surface area contributed by atoms with E-state index in [2.05, 4.69) is 23.7 Å². The molecule has 0 atom stereocenters. The van der Waals surface area contributed by atoms with Gasteiger partial charge in [-0.1, -0.05) is 36.1 Å². The monoisotopic (exact) mass is 380 g/mol. The molecule has 0 radical (unpaired) electrons. The molecule has 0 aromatic heterocycles. The van der Waals surface area contributed by atoms with Gasteiger partial charge in [-0.3, -0.25) is 0 Å². The molecule has 0 unspecified atom stereocenters. The van der Waals surface area contributed by atoms with Crippen molar-refractivity contribution in [2.45, 2.75) is 40.3 Å². The maximum absolute atomic E-state index is 5.50. The second-order valence-corrected chi connectivity index (χ2v) is 5.73. The van der Waals surface area contributed by atoms with Gasteiger partial charge in [-0.2, -0.15) is 0 Å². The summed E-state index contributed by atoms with van der Waals surface area (Å²) >= 11 is 0. The van der Waals surface area contributed by atoms with E-state index >= 15 is 0 Å². The number of ether oxygens (including phenoxy) is 4. The summed E-state index contributed by atoms with van der Waals surface area (Å²) in [6.45, 7) is 9.90. The summed E-state index contributed by atoms with van der Waals surface area (Å²) in [7, 11) is 0. The van der Waals surface area contributed by atoms with Crippen LogP contribution in [0.2, 0.25) is 0 Å². The first kappa shape index (κ1) is 22.0. The molecule has 148 valence electrons. The third-order valence-corrected chi connectivity index (χ3v) is 3.84. The average Bonchev–Trinajstić information content (AvgIpc) is 2.71. The lowest BCUT2D eigenvalue weighted by Crippen LogP contribution is -2.14. The van der Waals surface area contributed by atoms with Crippen LogP contribution in [0.4, 0.5) is 0 Å². The standard InChI is InChI=1S/C24H28O4/c1-5-25-23(26-6-2)17-15-19-11-9-14-22-20(12-10-13-21(19)22)16-18-24(27-7-3)28-8-4/h9-14,23-24H,5-8H2,1-4H3. The molecule has 4 nitrogen and oxygen atoms in total. The second-order valence-electron chi connectivity index (χ2n) is 5.73. The largest absolute Gasteiger partial charge is 0.342 e. The van der Waals surface area contributed by atoms with Crippen molar-refractivity contribution in [1.29, 1.82) is 0 Å². The van der Waals surface area contributed by atoms with Crippen molar-refractivity contribution in [2.75, 3.05) is 26.4 Å². The molecule has 0 aliphatic heterocycles. The van der Waals surface area contributed by atoms with Crippen LogP contribution in [-0.4, -0.2) is 39.0 Å². The zero-order valence-corrected chi connectivity index (χ0v) is 17.1. The Bertz CT molecular complexity index is 782. The Morgan fingerprint density at radius 2 is 0.964 bits per heavy atom. The van der Waals surface area contributed by atoms with Crippen molar-refractivity contribution >= 4 is 10.8 Å². The maximum atomic E-state index is 5.50. The molecule has 0 aliphatic rings. The zero-order chi connectivity index (χ0) is 20.2. The molecule has 0 aliphatic carbocycles. The molecular formula is C24H28O4. The van der Waals surface area contributed by atoms with Gasteiger partial charge in [0, 0.05) is 37.6 Å². The number of benzene rings is 2. The predicted octanol–water partition coefficient (Wildman–Crippen LogP) is 4.34. The van der Waals surface area contributed by atoms with E-state index in [-0.39, 0.29) is 0 Å². The Labute approximate surface area is 168 Å². The predicted molar refractivity (Wildman–Crippen MR) is 112 cm³/mol. The lowest BCUT2D eigenvalue weighted by Gasteiger charge is -2.10. The van der Waals surface area contributed by atoms with Gasteiger partial charge in [0.05, 0.1) is 0 Å². The van der Waals surface area contributed by atoms with Crippen LogP contribution >= 0.6 is 0 Å². The summed E-state index contributed by atoms with van der Waals surface area (Å²) in [6.07, 6.45) is -1.04. The van der Waals surface area contributed by atoms with Gasteiger partial charge in [0.25, 0.3) is 0 Å². The summed E-state index contributed by atoms with van der Waals surface area (Å²) in [5.74, 6) is 12.5. The molecule has 0 heterocycles. The number of fused-ring (bicyclic) bond motifs is 1. The van der Waals surface area contributed by atoms with Crippen LogP contribution < -0.4 is 0 Å². The number of hydrogen-bond donors (Lipinski definition) is 0. The molecule has 0 N–H and O–H groups in total. The number of rotatable bonds is 8. The molecule has 4 heteroatoms. The van der Waals surface area contributed by atoms with E-state index in [1.807, 2.05) is 64.1 Å². The van der Waals surface area contributed by atoms with E-state index in [4.69, 9.17) is 18.9 Å². The molecule has 2 rings (SSSR count). The summed E-state index contributed by atoms with van der Waals surface area (Å²) in [5.41, 5.74) is 1.83. The highest BCUT2D eigenvalue weighted by Gasteiger charge is 2.06. The lowest BCUT2D eigenvalue weighted by molar-refractivity contribution is -0.0972. The average molecular weight is 380 g/mol. The van der Waals surface area contributed by atoms with Crippen LogP contribution in [0.3, 0.4) is 0 Å². The SMILES string of the molecule is CCOC(C#Cc1cccc2c(C#CC(OCC)OCC)cccc12)OCC. The first-order valence-electron chi connectivity index (χ1n) is 9.74. The van der Waals surface area contributed by atoms with Crippen LogP contribution in [0.15, 0.2) is 36.4 Å². The van der Waals surface area contributed by atoms with Crippen molar-refractivity contribution in [2.24, 2.45) is 0 Å². The minimum Gasteiger partial charge on any atom is -0.342 e. The van der Waals surface area contributed by atoms with Crippen molar-refractivity contribution in [1.82, 2.24) is 0 Å². The molecule has 0 amide bonds. The van der Waals surface area contributed by atoms with Gasteiger partial charge in [-0.05, 0) is 62.4 Å². The fourth-order valence-electron chi connectivity index (χ4n) is 2.67. The van der Waals surface area contributed by atoms with Gasteiger partial charge in [-0.25, -0.2) is 0 Å². The Morgan fingerprint density at radius 3 is 1.29 bits per heavy atom.